The van der Waals surface area contributed by atoms with Crippen molar-refractivity contribution in [3.63, 3.8) is 0 Å². The van der Waals surface area contributed by atoms with E-state index in [2.05, 4.69) is 15.2 Å². The fraction of sp³-hybridized carbons (Fsp3) is 0.385. The van der Waals surface area contributed by atoms with Crippen molar-refractivity contribution >= 4 is 17.4 Å². The van der Waals surface area contributed by atoms with E-state index in [0.717, 1.165) is 51.0 Å². The molecule has 2 unspecified atom stereocenters. The van der Waals surface area contributed by atoms with Crippen LogP contribution in [0.1, 0.15) is 42.9 Å². The van der Waals surface area contributed by atoms with Crippen LogP contribution in [0.4, 0.5) is 10.2 Å². The summed E-state index contributed by atoms with van der Waals surface area (Å²) in [5, 5.41) is 12.7. The molecule has 9 heteroatoms. The van der Waals surface area contributed by atoms with Crippen LogP contribution in [0.5, 0.6) is 0 Å². The quantitative estimate of drug-likeness (QED) is 0.594. The molecule has 3 fully saturated rings. The number of piperidine rings is 1. The van der Waals surface area contributed by atoms with Gasteiger partial charge in [-0.3, -0.25) is 14.3 Å². The summed E-state index contributed by atoms with van der Waals surface area (Å²) < 4.78 is 16.0. The summed E-state index contributed by atoms with van der Waals surface area (Å²) >= 11 is 6.66. The average Bonchev–Trinajstić information content (AvgIpc) is 3.62. The molecule has 2 saturated heterocycles. The highest BCUT2D eigenvalue weighted by Gasteiger charge is 2.35. The highest BCUT2D eigenvalue weighted by atomic mass is 35.5. The van der Waals surface area contributed by atoms with Crippen LogP contribution in [0.3, 0.4) is 0 Å². The highest BCUT2D eigenvalue weighted by Crippen LogP contribution is 2.39. The van der Waals surface area contributed by atoms with Crippen LogP contribution in [0.15, 0.2) is 41.3 Å². The molecule has 1 aliphatic carbocycles. The summed E-state index contributed by atoms with van der Waals surface area (Å²) in [5.74, 6) is 0.970. The number of hydrogen-bond acceptors (Lipinski definition) is 6. The Morgan fingerprint density at radius 1 is 1.17 bits per heavy atom. The Kier molecular flexibility index (Phi) is 5.54. The molecule has 1 saturated carbocycles. The first-order valence-corrected chi connectivity index (χ1v) is 12.4. The van der Waals surface area contributed by atoms with E-state index in [1.807, 2.05) is 18.2 Å². The minimum atomic E-state index is -0.664. The van der Waals surface area contributed by atoms with Gasteiger partial charge in [0.25, 0.3) is 5.56 Å². The van der Waals surface area contributed by atoms with E-state index in [1.165, 1.54) is 16.7 Å². The summed E-state index contributed by atoms with van der Waals surface area (Å²) in [6.45, 7) is 2.47. The lowest BCUT2D eigenvalue weighted by atomic mass is 9.93. The molecule has 1 aromatic carbocycles. The van der Waals surface area contributed by atoms with Gasteiger partial charge in [-0.25, -0.2) is 9.37 Å². The number of nitrogens with one attached hydrogen (secondary N) is 1. The number of anilines is 1. The summed E-state index contributed by atoms with van der Waals surface area (Å²) in [6.07, 6.45) is 5.91. The molecular formula is C26H24ClFN6O. The second kappa shape index (κ2) is 8.74. The Morgan fingerprint density at radius 2 is 2.03 bits per heavy atom. The fourth-order valence-electron chi connectivity index (χ4n) is 5.27. The number of fused-ring (bicyclic) bond motifs is 1. The van der Waals surface area contributed by atoms with Gasteiger partial charge in [0.2, 0.25) is 0 Å². The molecule has 7 nitrogen and oxygen atoms in total. The zero-order valence-corrected chi connectivity index (χ0v) is 19.8. The van der Waals surface area contributed by atoms with Crippen molar-refractivity contribution < 1.29 is 4.39 Å². The largest absolute Gasteiger partial charge is 0.355 e. The lowest BCUT2D eigenvalue weighted by Gasteiger charge is -2.36. The van der Waals surface area contributed by atoms with E-state index in [0.29, 0.717) is 34.9 Å². The summed E-state index contributed by atoms with van der Waals surface area (Å²) in [6, 6.07) is 10.3. The van der Waals surface area contributed by atoms with Gasteiger partial charge in [-0.05, 0) is 68.5 Å². The lowest BCUT2D eigenvalue weighted by Crippen LogP contribution is -2.45. The molecule has 0 amide bonds. The first kappa shape index (κ1) is 22.2. The lowest BCUT2D eigenvalue weighted by molar-refractivity contribution is 0.375. The average molecular weight is 491 g/mol. The first-order valence-electron chi connectivity index (χ1n) is 12.0. The predicted molar refractivity (Wildman–Crippen MR) is 131 cm³/mol. The molecule has 0 spiro atoms. The van der Waals surface area contributed by atoms with Crippen LogP contribution < -0.4 is 15.8 Å². The molecule has 35 heavy (non-hydrogen) atoms. The van der Waals surface area contributed by atoms with Gasteiger partial charge in [-0.1, -0.05) is 11.6 Å². The van der Waals surface area contributed by atoms with Crippen molar-refractivity contribution in [2.75, 3.05) is 24.5 Å². The molecule has 0 radical (unpaired) electrons. The first-order chi connectivity index (χ1) is 17.0. The van der Waals surface area contributed by atoms with Crippen LogP contribution in [-0.4, -0.2) is 40.2 Å². The van der Waals surface area contributed by atoms with Crippen molar-refractivity contribution in [1.82, 2.24) is 19.9 Å². The van der Waals surface area contributed by atoms with E-state index in [9.17, 15) is 9.18 Å². The molecule has 1 N–H and O–H groups in total. The number of pyridine rings is 1. The second-order valence-corrected chi connectivity index (χ2v) is 9.96. The van der Waals surface area contributed by atoms with Crippen molar-refractivity contribution in [2.24, 2.45) is 5.92 Å². The van der Waals surface area contributed by atoms with Gasteiger partial charge in [-0.2, -0.15) is 5.26 Å². The molecule has 178 valence electrons. The molecule has 0 bridgehead atoms. The maximum absolute atomic E-state index is 14.6. The SMILES string of the molecule is N#Cc1ccc(-c2nc(N3CCC4NCCC4C3)c(Cl)c(=O)n2-c2ccc(C3CC3)nc2)cc1F. The second-order valence-electron chi connectivity index (χ2n) is 9.58. The number of hydrogen-bond donors (Lipinski definition) is 1. The van der Waals surface area contributed by atoms with Gasteiger partial charge in [0.05, 0.1) is 17.4 Å². The van der Waals surface area contributed by atoms with E-state index < -0.39 is 11.4 Å². The van der Waals surface area contributed by atoms with Crippen molar-refractivity contribution in [3.8, 4) is 23.1 Å². The van der Waals surface area contributed by atoms with E-state index in [-0.39, 0.29) is 16.4 Å². The zero-order chi connectivity index (χ0) is 24.1. The highest BCUT2D eigenvalue weighted by molar-refractivity contribution is 6.32. The summed E-state index contributed by atoms with van der Waals surface area (Å²) in [5.41, 5.74) is 1.41. The van der Waals surface area contributed by atoms with Gasteiger partial charge >= 0.3 is 0 Å². The Morgan fingerprint density at radius 3 is 2.74 bits per heavy atom. The van der Waals surface area contributed by atoms with Gasteiger partial charge < -0.3 is 10.2 Å². The number of nitriles is 1. The van der Waals surface area contributed by atoms with Crippen LogP contribution in [0.25, 0.3) is 17.1 Å². The Bertz CT molecular complexity index is 1390. The number of benzene rings is 1. The molecule has 4 heterocycles. The van der Waals surface area contributed by atoms with Gasteiger partial charge in [0.1, 0.15) is 22.7 Å². The van der Waals surface area contributed by atoms with Crippen LogP contribution in [-0.2, 0) is 0 Å². The monoisotopic (exact) mass is 490 g/mol. The molecule has 2 atom stereocenters. The maximum Gasteiger partial charge on any atom is 0.279 e. The topological polar surface area (TPSA) is 86.8 Å². The van der Waals surface area contributed by atoms with Crippen molar-refractivity contribution in [1.29, 1.82) is 5.26 Å². The molecule has 2 aromatic heterocycles. The number of halogens is 2. The Balaban J connectivity index is 1.49. The normalized spacial score (nSPS) is 21.6. The number of nitrogens with zero attached hydrogens (tertiary/aromatic N) is 5. The third kappa shape index (κ3) is 3.99. The fourth-order valence-corrected chi connectivity index (χ4v) is 5.51. The molecule has 6 rings (SSSR count). The van der Waals surface area contributed by atoms with E-state index in [4.69, 9.17) is 21.8 Å². The smallest absolute Gasteiger partial charge is 0.279 e. The van der Waals surface area contributed by atoms with Crippen molar-refractivity contribution in [3.05, 3.63) is 69.0 Å². The van der Waals surface area contributed by atoms with Gasteiger partial charge in [-0.15, -0.1) is 0 Å². The van der Waals surface area contributed by atoms with Crippen LogP contribution in [0, 0.1) is 23.1 Å². The molecule has 3 aromatic rings. The Labute approximate surface area is 207 Å². The molecule has 2 aliphatic heterocycles. The third-order valence-corrected chi connectivity index (χ3v) is 7.67. The van der Waals surface area contributed by atoms with E-state index in [1.54, 1.807) is 12.3 Å². The summed E-state index contributed by atoms with van der Waals surface area (Å²) in [4.78, 5) is 25.1. The van der Waals surface area contributed by atoms with E-state index >= 15 is 0 Å². The number of aromatic nitrogens is 3. The minimum absolute atomic E-state index is 0.0403. The molecule has 3 aliphatic rings. The predicted octanol–water partition coefficient (Wildman–Crippen LogP) is 4.02. The van der Waals surface area contributed by atoms with Crippen molar-refractivity contribution in [2.45, 2.75) is 37.6 Å². The number of rotatable bonds is 4. The maximum atomic E-state index is 14.6. The van der Waals surface area contributed by atoms with Gasteiger partial charge in [0.15, 0.2) is 5.82 Å². The van der Waals surface area contributed by atoms with Crippen LogP contribution >= 0.6 is 11.6 Å². The molecular weight excluding hydrogens is 467 g/mol. The Hall–Kier alpha value is -3.28. The minimum Gasteiger partial charge on any atom is -0.355 e. The summed E-state index contributed by atoms with van der Waals surface area (Å²) in [7, 11) is 0. The third-order valence-electron chi connectivity index (χ3n) is 7.34. The standard InChI is InChI=1S/C26H24ClFN6O/c27-23-25(33-10-8-22-18(14-33)7-9-30-22)32-24(16-3-4-17(12-29)20(28)11-16)34(26(23)35)19-5-6-21(31-13-19)15-1-2-15/h3-6,11,13,15,18,22,30H,1-2,7-10,14H2. The van der Waals surface area contributed by atoms with Crippen LogP contribution in [0.2, 0.25) is 5.02 Å². The zero-order valence-electron chi connectivity index (χ0n) is 19.0. The van der Waals surface area contributed by atoms with Gasteiger partial charge in [0, 0.05) is 36.3 Å².